The van der Waals surface area contributed by atoms with Gasteiger partial charge in [-0.3, -0.25) is 4.79 Å². The molecule has 1 amide bonds. The molecule has 3 atom stereocenters. The molecule has 5 heteroatoms. The van der Waals surface area contributed by atoms with Gasteiger partial charge in [0.1, 0.15) is 5.60 Å². The van der Waals surface area contributed by atoms with Gasteiger partial charge in [-0.25, -0.2) is 4.79 Å². The van der Waals surface area contributed by atoms with Crippen molar-refractivity contribution in [2.24, 2.45) is 11.8 Å². The highest BCUT2D eigenvalue weighted by Crippen LogP contribution is 2.47. The van der Waals surface area contributed by atoms with E-state index in [1.54, 1.807) is 4.90 Å². The predicted octanol–water partition coefficient (Wildman–Crippen LogP) is 1.41. The number of nitrogens with zero attached hydrogens (tertiary/aromatic N) is 1. The SMILES string of the molecule is COC(=O)[C@H]1[C@@H]2C[C@H]1N(C(=O)OC(C)(C)C)C2. The lowest BCUT2D eigenvalue weighted by Crippen LogP contribution is -2.46. The van der Waals surface area contributed by atoms with E-state index in [0.717, 1.165) is 6.42 Å². The Morgan fingerprint density at radius 2 is 1.94 bits per heavy atom. The fraction of sp³-hybridized carbons (Fsp3) is 0.833. The molecule has 0 aromatic carbocycles. The van der Waals surface area contributed by atoms with Crippen molar-refractivity contribution in [1.82, 2.24) is 4.90 Å². The molecule has 0 radical (unpaired) electrons. The smallest absolute Gasteiger partial charge is 0.410 e. The van der Waals surface area contributed by atoms with Crippen molar-refractivity contribution >= 4 is 12.1 Å². The summed E-state index contributed by atoms with van der Waals surface area (Å²) in [6, 6.07) is -0.0256. The molecule has 3 aliphatic rings. The number of ether oxygens (including phenoxy) is 2. The van der Waals surface area contributed by atoms with Crippen LogP contribution in [0.15, 0.2) is 0 Å². The molecule has 17 heavy (non-hydrogen) atoms. The van der Waals surface area contributed by atoms with Crippen LogP contribution in [0.25, 0.3) is 0 Å². The minimum Gasteiger partial charge on any atom is -0.469 e. The van der Waals surface area contributed by atoms with Crippen LogP contribution in [0.2, 0.25) is 0 Å². The van der Waals surface area contributed by atoms with Gasteiger partial charge in [-0.2, -0.15) is 0 Å². The summed E-state index contributed by atoms with van der Waals surface area (Å²) >= 11 is 0. The predicted molar refractivity (Wildman–Crippen MR) is 60.3 cm³/mol. The van der Waals surface area contributed by atoms with E-state index < -0.39 is 5.60 Å². The molecule has 0 aromatic rings. The molecule has 0 unspecified atom stereocenters. The normalized spacial score (nSPS) is 30.8. The maximum atomic E-state index is 11.9. The van der Waals surface area contributed by atoms with Crippen LogP contribution >= 0.6 is 0 Å². The van der Waals surface area contributed by atoms with Gasteiger partial charge >= 0.3 is 12.1 Å². The molecule has 96 valence electrons. The number of carbonyl (C=O) groups is 2. The molecule has 0 spiro atoms. The quantitative estimate of drug-likeness (QED) is 0.651. The molecule has 1 saturated carbocycles. The monoisotopic (exact) mass is 241 g/mol. The Hall–Kier alpha value is -1.26. The van der Waals surface area contributed by atoms with Crippen LogP contribution in [0.4, 0.5) is 4.79 Å². The Bertz CT molecular complexity index is 347. The number of amides is 1. The molecule has 3 rings (SSSR count). The van der Waals surface area contributed by atoms with Crippen LogP contribution in [0.1, 0.15) is 27.2 Å². The molecule has 2 heterocycles. The van der Waals surface area contributed by atoms with Crippen LogP contribution in [0.5, 0.6) is 0 Å². The molecular formula is C12H19NO4. The highest BCUT2D eigenvalue weighted by atomic mass is 16.6. The number of carbonyl (C=O) groups excluding carboxylic acids is 2. The summed E-state index contributed by atoms with van der Waals surface area (Å²) < 4.78 is 10.1. The molecule has 5 nitrogen and oxygen atoms in total. The second-order valence-electron chi connectivity index (χ2n) is 5.74. The standard InChI is InChI=1S/C12H19NO4/c1-12(2,3)17-11(15)13-6-7-5-8(13)9(7)10(14)16-4/h7-9H,5-6H2,1-4H3/t7-,8-,9+/m1/s1. The Balaban J connectivity index is 1.98. The van der Waals surface area contributed by atoms with Crippen LogP contribution in [0, 0.1) is 11.8 Å². The highest BCUT2D eigenvalue weighted by molar-refractivity contribution is 5.78. The number of rotatable bonds is 1. The first-order valence-electron chi connectivity index (χ1n) is 5.91. The van der Waals surface area contributed by atoms with Gasteiger partial charge < -0.3 is 14.4 Å². The van der Waals surface area contributed by atoms with E-state index >= 15 is 0 Å². The Kier molecular flexibility index (Phi) is 2.79. The zero-order valence-electron chi connectivity index (χ0n) is 10.7. The van der Waals surface area contributed by atoms with Crippen molar-refractivity contribution < 1.29 is 19.1 Å². The van der Waals surface area contributed by atoms with E-state index in [4.69, 9.17) is 9.47 Å². The van der Waals surface area contributed by atoms with E-state index in [1.165, 1.54) is 7.11 Å². The van der Waals surface area contributed by atoms with Crippen molar-refractivity contribution in [1.29, 1.82) is 0 Å². The first kappa shape index (κ1) is 12.2. The van der Waals surface area contributed by atoms with E-state index in [1.807, 2.05) is 20.8 Å². The highest BCUT2D eigenvalue weighted by Gasteiger charge is 2.58. The molecule has 0 aromatic heterocycles. The van der Waals surface area contributed by atoms with E-state index in [2.05, 4.69) is 0 Å². The summed E-state index contributed by atoms with van der Waals surface area (Å²) in [7, 11) is 1.39. The summed E-state index contributed by atoms with van der Waals surface area (Å²) in [5.74, 6) is -0.107. The topological polar surface area (TPSA) is 55.8 Å². The third-order valence-electron chi connectivity index (χ3n) is 3.40. The number of hydrogen-bond acceptors (Lipinski definition) is 4. The number of methoxy groups -OCH3 is 1. The third kappa shape index (κ3) is 2.10. The molecule has 2 saturated heterocycles. The minimum atomic E-state index is -0.495. The first-order chi connectivity index (χ1) is 7.83. The zero-order valence-corrected chi connectivity index (χ0v) is 10.7. The van der Waals surface area contributed by atoms with Gasteiger partial charge in [0.05, 0.1) is 13.0 Å². The molecule has 1 aliphatic carbocycles. The maximum absolute atomic E-state index is 11.9. The Labute approximate surface area is 101 Å². The molecular weight excluding hydrogens is 222 g/mol. The van der Waals surface area contributed by atoms with Crippen LogP contribution in [-0.4, -0.2) is 42.3 Å². The lowest BCUT2D eigenvalue weighted by molar-refractivity contribution is -0.151. The van der Waals surface area contributed by atoms with Crippen LogP contribution in [-0.2, 0) is 14.3 Å². The fourth-order valence-corrected chi connectivity index (χ4v) is 2.64. The average molecular weight is 241 g/mol. The van der Waals surface area contributed by atoms with Gasteiger partial charge in [-0.05, 0) is 33.1 Å². The Morgan fingerprint density at radius 3 is 2.47 bits per heavy atom. The summed E-state index contributed by atoms with van der Waals surface area (Å²) in [4.78, 5) is 25.1. The Morgan fingerprint density at radius 1 is 1.29 bits per heavy atom. The van der Waals surface area contributed by atoms with Crippen molar-refractivity contribution in [3.63, 3.8) is 0 Å². The second-order valence-corrected chi connectivity index (χ2v) is 5.74. The fourth-order valence-electron chi connectivity index (χ4n) is 2.64. The largest absolute Gasteiger partial charge is 0.469 e. The van der Waals surface area contributed by atoms with Gasteiger partial charge in [0.15, 0.2) is 0 Å². The van der Waals surface area contributed by atoms with E-state index in [0.29, 0.717) is 6.54 Å². The van der Waals surface area contributed by atoms with Gasteiger partial charge in [-0.1, -0.05) is 0 Å². The summed E-state index contributed by atoms with van der Waals surface area (Å²) in [6.07, 6.45) is 0.565. The summed E-state index contributed by atoms with van der Waals surface area (Å²) in [5.41, 5.74) is -0.495. The molecule has 0 N–H and O–H groups in total. The van der Waals surface area contributed by atoms with Gasteiger partial charge in [0.2, 0.25) is 0 Å². The lowest BCUT2D eigenvalue weighted by Gasteiger charge is -2.34. The molecule has 3 fully saturated rings. The number of hydrogen-bond donors (Lipinski definition) is 0. The zero-order chi connectivity index (χ0) is 12.8. The first-order valence-corrected chi connectivity index (χ1v) is 5.91. The van der Waals surface area contributed by atoms with Gasteiger partial charge in [0.25, 0.3) is 0 Å². The third-order valence-corrected chi connectivity index (χ3v) is 3.40. The van der Waals surface area contributed by atoms with Crippen molar-refractivity contribution in [2.75, 3.05) is 13.7 Å². The van der Waals surface area contributed by atoms with Gasteiger partial charge in [0, 0.05) is 12.6 Å². The molecule has 2 aliphatic heterocycles. The lowest BCUT2D eigenvalue weighted by atomic mass is 9.74. The summed E-state index contributed by atoms with van der Waals surface area (Å²) in [5, 5.41) is 0. The number of esters is 1. The van der Waals surface area contributed by atoms with Crippen LogP contribution in [0.3, 0.4) is 0 Å². The van der Waals surface area contributed by atoms with Crippen molar-refractivity contribution in [2.45, 2.75) is 38.8 Å². The summed E-state index contributed by atoms with van der Waals surface area (Å²) in [6.45, 7) is 6.12. The van der Waals surface area contributed by atoms with Crippen molar-refractivity contribution in [3.8, 4) is 0 Å². The van der Waals surface area contributed by atoms with Crippen molar-refractivity contribution in [3.05, 3.63) is 0 Å². The average Bonchev–Trinajstić information content (AvgIpc) is 2.71. The van der Waals surface area contributed by atoms with E-state index in [9.17, 15) is 9.59 Å². The van der Waals surface area contributed by atoms with Crippen LogP contribution < -0.4 is 0 Å². The van der Waals surface area contributed by atoms with E-state index in [-0.39, 0.29) is 29.9 Å². The minimum absolute atomic E-state index is 0.0256. The maximum Gasteiger partial charge on any atom is 0.410 e. The molecule has 2 bridgehead atoms. The number of fused-ring (bicyclic) bond motifs is 1. The van der Waals surface area contributed by atoms with Gasteiger partial charge in [-0.15, -0.1) is 0 Å². The second kappa shape index (κ2) is 3.89.